The Morgan fingerprint density at radius 3 is 3.00 bits per heavy atom. The summed E-state index contributed by atoms with van der Waals surface area (Å²) < 4.78 is 7.67. The van der Waals surface area contributed by atoms with Crippen LogP contribution in [0.5, 0.6) is 0 Å². The van der Waals surface area contributed by atoms with E-state index in [1.165, 1.54) is 0 Å². The molecule has 2 rings (SSSR count). The summed E-state index contributed by atoms with van der Waals surface area (Å²) in [6.07, 6.45) is 5.98. The largest absolute Gasteiger partial charge is 0.381 e. The molecule has 0 radical (unpaired) electrons. The highest BCUT2D eigenvalue weighted by molar-refractivity contribution is 5.08. The summed E-state index contributed by atoms with van der Waals surface area (Å²) in [7, 11) is 4.20. The van der Waals surface area contributed by atoms with E-state index in [0.29, 0.717) is 12.0 Å². The summed E-state index contributed by atoms with van der Waals surface area (Å²) >= 11 is 0. The second-order valence-electron chi connectivity index (χ2n) is 5.82. The maximum absolute atomic E-state index is 6.39. The predicted molar refractivity (Wildman–Crippen MR) is 76.0 cm³/mol. The lowest BCUT2D eigenvalue weighted by atomic mass is 9.97. The average molecular weight is 266 g/mol. The fraction of sp³-hybridized carbons (Fsp3) is 0.786. The third-order valence-corrected chi connectivity index (χ3v) is 3.98. The van der Waals surface area contributed by atoms with Gasteiger partial charge in [0.05, 0.1) is 24.7 Å². The Labute approximate surface area is 115 Å². The van der Waals surface area contributed by atoms with Crippen molar-refractivity contribution in [2.45, 2.75) is 31.8 Å². The number of aromatic nitrogens is 2. The number of nitrogens with zero attached hydrogens (tertiary/aromatic N) is 3. The van der Waals surface area contributed by atoms with Crippen molar-refractivity contribution in [3.63, 3.8) is 0 Å². The van der Waals surface area contributed by atoms with Gasteiger partial charge < -0.3 is 19.9 Å². The van der Waals surface area contributed by atoms with E-state index in [9.17, 15) is 0 Å². The summed E-state index contributed by atoms with van der Waals surface area (Å²) in [6, 6.07) is 0.458. The van der Waals surface area contributed by atoms with Crippen LogP contribution in [0.4, 0.5) is 0 Å². The highest BCUT2D eigenvalue weighted by Crippen LogP contribution is 2.28. The average Bonchev–Trinajstić information content (AvgIpc) is 3.05. The van der Waals surface area contributed by atoms with Gasteiger partial charge in [-0.3, -0.25) is 0 Å². The molecule has 0 bridgehead atoms. The van der Waals surface area contributed by atoms with Gasteiger partial charge in [-0.1, -0.05) is 0 Å². The van der Waals surface area contributed by atoms with Crippen LogP contribution >= 0.6 is 0 Å². The summed E-state index contributed by atoms with van der Waals surface area (Å²) in [4.78, 5) is 6.50. The first-order valence-corrected chi connectivity index (χ1v) is 7.09. The highest BCUT2D eigenvalue weighted by atomic mass is 16.5. The van der Waals surface area contributed by atoms with Crippen molar-refractivity contribution in [1.29, 1.82) is 0 Å². The maximum Gasteiger partial charge on any atom is 0.0951 e. The van der Waals surface area contributed by atoms with Gasteiger partial charge in [0, 0.05) is 24.8 Å². The Hall–Kier alpha value is -0.910. The predicted octanol–water partition coefficient (Wildman–Crippen LogP) is 1.43. The van der Waals surface area contributed by atoms with E-state index in [0.717, 1.165) is 38.3 Å². The number of rotatable bonds is 6. The van der Waals surface area contributed by atoms with Gasteiger partial charge >= 0.3 is 0 Å². The van der Waals surface area contributed by atoms with E-state index in [1.54, 1.807) is 0 Å². The molecule has 5 nitrogen and oxygen atoms in total. The third-order valence-electron chi connectivity index (χ3n) is 3.98. The fourth-order valence-electron chi connectivity index (χ4n) is 2.60. The molecule has 5 heteroatoms. The minimum Gasteiger partial charge on any atom is -0.381 e. The Morgan fingerprint density at radius 2 is 2.37 bits per heavy atom. The molecule has 1 saturated heterocycles. The Morgan fingerprint density at radius 1 is 1.58 bits per heavy atom. The van der Waals surface area contributed by atoms with Gasteiger partial charge in [-0.05, 0) is 40.4 Å². The van der Waals surface area contributed by atoms with Crippen LogP contribution in [0.1, 0.15) is 37.5 Å². The monoisotopic (exact) mass is 266 g/mol. The number of nitrogens with two attached hydrogens (primary N) is 1. The molecule has 1 fully saturated rings. The van der Waals surface area contributed by atoms with Crippen molar-refractivity contribution in [2.24, 2.45) is 11.7 Å². The van der Waals surface area contributed by atoms with E-state index >= 15 is 0 Å². The summed E-state index contributed by atoms with van der Waals surface area (Å²) in [6.45, 7) is 4.91. The molecule has 0 amide bonds. The van der Waals surface area contributed by atoms with Gasteiger partial charge in [-0.25, -0.2) is 4.98 Å². The van der Waals surface area contributed by atoms with Crippen LogP contribution in [-0.4, -0.2) is 48.3 Å². The Bertz CT molecular complexity index is 385. The minimum absolute atomic E-state index is 0.0341. The van der Waals surface area contributed by atoms with Crippen LogP contribution in [0.2, 0.25) is 0 Å². The molecule has 2 heterocycles. The zero-order valence-electron chi connectivity index (χ0n) is 12.2. The minimum atomic E-state index is 0.0341. The molecule has 0 aliphatic carbocycles. The summed E-state index contributed by atoms with van der Waals surface area (Å²) in [5, 5.41) is 0. The fourth-order valence-corrected chi connectivity index (χ4v) is 2.60. The highest BCUT2D eigenvalue weighted by Gasteiger charge is 2.27. The molecule has 3 unspecified atom stereocenters. The van der Waals surface area contributed by atoms with Crippen LogP contribution in [0.25, 0.3) is 0 Å². The van der Waals surface area contributed by atoms with Crippen molar-refractivity contribution < 1.29 is 4.74 Å². The number of hydrogen-bond acceptors (Lipinski definition) is 4. The van der Waals surface area contributed by atoms with Gasteiger partial charge in [0.15, 0.2) is 0 Å². The molecule has 108 valence electrons. The number of ether oxygens (including phenoxy) is 1. The number of hydrogen-bond donors (Lipinski definition) is 1. The molecule has 19 heavy (non-hydrogen) atoms. The van der Waals surface area contributed by atoms with Gasteiger partial charge in [0.25, 0.3) is 0 Å². The zero-order chi connectivity index (χ0) is 13.8. The first-order chi connectivity index (χ1) is 9.09. The van der Waals surface area contributed by atoms with Crippen molar-refractivity contribution in [1.82, 2.24) is 14.5 Å². The van der Waals surface area contributed by atoms with Gasteiger partial charge in [0.1, 0.15) is 0 Å². The lowest BCUT2D eigenvalue weighted by Gasteiger charge is -2.24. The molecule has 0 aromatic carbocycles. The van der Waals surface area contributed by atoms with Crippen molar-refractivity contribution in [3.05, 3.63) is 18.2 Å². The standard InChI is InChI=1S/C14H26N4O/c1-11(4-6-17(2)3)18-10-16-8-13(18)14(15)12-5-7-19-9-12/h8,10-12,14H,4-7,9,15H2,1-3H3. The Kier molecular flexibility index (Phi) is 4.96. The lowest BCUT2D eigenvalue weighted by Crippen LogP contribution is -2.26. The molecular formula is C14H26N4O. The third kappa shape index (κ3) is 3.55. The van der Waals surface area contributed by atoms with Crippen LogP contribution in [0.15, 0.2) is 12.5 Å². The van der Waals surface area contributed by atoms with E-state index in [-0.39, 0.29) is 6.04 Å². The van der Waals surface area contributed by atoms with E-state index in [1.807, 2.05) is 12.5 Å². The van der Waals surface area contributed by atoms with E-state index in [2.05, 4.69) is 35.5 Å². The normalized spacial score (nSPS) is 22.9. The Balaban J connectivity index is 2.03. The van der Waals surface area contributed by atoms with Crippen LogP contribution in [0, 0.1) is 5.92 Å². The maximum atomic E-state index is 6.39. The van der Waals surface area contributed by atoms with Crippen LogP contribution < -0.4 is 5.73 Å². The smallest absolute Gasteiger partial charge is 0.0951 e. The van der Waals surface area contributed by atoms with E-state index < -0.39 is 0 Å². The molecule has 3 atom stereocenters. The van der Waals surface area contributed by atoms with Crippen molar-refractivity contribution in [3.8, 4) is 0 Å². The SMILES string of the molecule is CC(CCN(C)C)n1cncc1C(N)C1CCOC1. The molecule has 1 aromatic rings. The first-order valence-electron chi connectivity index (χ1n) is 7.09. The van der Waals surface area contributed by atoms with Gasteiger partial charge in [-0.15, -0.1) is 0 Å². The lowest BCUT2D eigenvalue weighted by molar-refractivity contribution is 0.180. The van der Waals surface area contributed by atoms with Gasteiger partial charge in [0.2, 0.25) is 0 Å². The molecule has 1 aromatic heterocycles. The second-order valence-corrected chi connectivity index (χ2v) is 5.82. The molecule has 2 N–H and O–H groups in total. The second kappa shape index (κ2) is 6.50. The summed E-state index contributed by atoms with van der Waals surface area (Å²) in [5.41, 5.74) is 7.53. The van der Waals surface area contributed by atoms with Crippen molar-refractivity contribution in [2.75, 3.05) is 33.9 Å². The van der Waals surface area contributed by atoms with Crippen molar-refractivity contribution >= 4 is 0 Å². The van der Waals surface area contributed by atoms with E-state index in [4.69, 9.17) is 10.5 Å². The van der Waals surface area contributed by atoms with Crippen LogP contribution in [-0.2, 0) is 4.74 Å². The molecule has 0 spiro atoms. The zero-order valence-corrected chi connectivity index (χ0v) is 12.2. The van der Waals surface area contributed by atoms with Crippen LogP contribution in [0.3, 0.4) is 0 Å². The summed E-state index contributed by atoms with van der Waals surface area (Å²) in [5.74, 6) is 0.427. The number of imidazole rings is 1. The molecule has 1 aliphatic heterocycles. The quantitative estimate of drug-likeness (QED) is 0.846. The first kappa shape index (κ1) is 14.5. The molecule has 1 aliphatic rings. The molecule has 0 saturated carbocycles. The topological polar surface area (TPSA) is 56.3 Å². The molecular weight excluding hydrogens is 240 g/mol. The van der Waals surface area contributed by atoms with Gasteiger partial charge in [-0.2, -0.15) is 0 Å².